The smallest absolute Gasteiger partial charge is 0.0577 e. The topological polar surface area (TPSA) is 26.7 Å². The predicted octanol–water partition coefficient (Wildman–Crippen LogP) is 4.56. The van der Waals surface area contributed by atoms with Crippen LogP contribution in [0.4, 0.5) is 0 Å². The number of hydrogen-bond donors (Lipinski definition) is 1. The summed E-state index contributed by atoms with van der Waals surface area (Å²) >= 11 is 0. The average Bonchev–Trinajstić information content (AvgIpc) is 2.99. The zero-order valence-corrected chi connectivity index (χ0v) is 19.1. The maximum Gasteiger partial charge on any atom is 0.0577 e. The standard InChI is InChI=1S/C25H44N2O/c1-24-13-11-19(28)17-18(24)7-8-20-21-9-10-23(25(21,2)14-12-22(20)24)27(5)16-6-15-26(3)4/h7,19-23,28H,6,8-17H2,1-5H3/t19?,20-,21-,22-,23-,24-,25-/m0/s1. The number of rotatable bonds is 5. The van der Waals surface area contributed by atoms with Crippen molar-refractivity contribution < 1.29 is 5.11 Å². The Kier molecular flexibility index (Phi) is 5.74. The first-order valence-corrected chi connectivity index (χ1v) is 12.0. The van der Waals surface area contributed by atoms with Crippen LogP contribution in [0.3, 0.4) is 0 Å². The molecule has 0 radical (unpaired) electrons. The van der Waals surface area contributed by atoms with Gasteiger partial charge in [0.05, 0.1) is 6.10 Å². The van der Waals surface area contributed by atoms with Crippen LogP contribution in [-0.2, 0) is 0 Å². The lowest BCUT2D eigenvalue weighted by molar-refractivity contribution is -0.0565. The fourth-order valence-corrected chi connectivity index (χ4v) is 8.13. The van der Waals surface area contributed by atoms with Crippen LogP contribution in [0.1, 0.15) is 71.6 Å². The molecule has 0 heterocycles. The number of aliphatic hydroxyl groups excluding tert-OH is 1. The summed E-state index contributed by atoms with van der Waals surface area (Å²) in [5.41, 5.74) is 2.48. The number of allylic oxidation sites excluding steroid dienone is 1. The largest absolute Gasteiger partial charge is 0.393 e. The van der Waals surface area contributed by atoms with E-state index < -0.39 is 0 Å². The van der Waals surface area contributed by atoms with Gasteiger partial charge in [-0.2, -0.15) is 0 Å². The first-order valence-electron chi connectivity index (χ1n) is 12.0. The summed E-state index contributed by atoms with van der Waals surface area (Å²) in [6.45, 7) is 7.61. The third-order valence-corrected chi connectivity index (χ3v) is 9.68. The van der Waals surface area contributed by atoms with Gasteiger partial charge in [0.15, 0.2) is 0 Å². The van der Waals surface area contributed by atoms with Crippen LogP contribution in [0, 0.1) is 28.6 Å². The van der Waals surface area contributed by atoms with Crippen molar-refractivity contribution in [2.24, 2.45) is 28.6 Å². The second-order valence-electron chi connectivity index (χ2n) is 11.4. The van der Waals surface area contributed by atoms with Gasteiger partial charge in [-0.25, -0.2) is 0 Å². The highest BCUT2D eigenvalue weighted by Gasteiger charge is 2.59. The Morgan fingerprint density at radius 2 is 1.79 bits per heavy atom. The summed E-state index contributed by atoms with van der Waals surface area (Å²) in [6.07, 6.45) is 13.8. The number of nitrogens with zero attached hydrogens (tertiary/aromatic N) is 2. The molecule has 4 rings (SSSR count). The van der Waals surface area contributed by atoms with Crippen LogP contribution in [0.25, 0.3) is 0 Å². The Morgan fingerprint density at radius 3 is 2.54 bits per heavy atom. The van der Waals surface area contributed by atoms with Crippen LogP contribution >= 0.6 is 0 Å². The molecule has 3 fully saturated rings. The lowest BCUT2D eigenvalue weighted by atomic mass is 9.48. The van der Waals surface area contributed by atoms with E-state index in [0.29, 0.717) is 10.8 Å². The molecule has 0 aromatic heterocycles. The molecule has 0 saturated heterocycles. The molecule has 0 aromatic rings. The molecule has 28 heavy (non-hydrogen) atoms. The Bertz CT molecular complexity index is 601. The minimum absolute atomic E-state index is 0.0867. The Balaban J connectivity index is 1.49. The van der Waals surface area contributed by atoms with Gasteiger partial charge in [-0.15, -0.1) is 0 Å². The fraction of sp³-hybridized carbons (Fsp3) is 0.920. The lowest BCUT2D eigenvalue weighted by Gasteiger charge is -2.58. The average molecular weight is 389 g/mol. The summed E-state index contributed by atoms with van der Waals surface area (Å²) in [7, 11) is 6.76. The Labute approximate surface area is 173 Å². The summed E-state index contributed by atoms with van der Waals surface area (Å²) in [5, 5.41) is 10.2. The second kappa shape index (κ2) is 7.71. The first-order chi connectivity index (χ1) is 13.3. The third-order valence-electron chi connectivity index (χ3n) is 9.68. The number of fused-ring (bicyclic) bond motifs is 5. The SMILES string of the molecule is CN(C)CCCN(C)[C@H]1CC[C@H]2[C@@H]3CC=C4CC(O)CC[C@]4(C)[C@H]3CC[C@]12C. The van der Waals surface area contributed by atoms with E-state index in [0.717, 1.165) is 36.6 Å². The third kappa shape index (κ3) is 3.40. The van der Waals surface area contributed by atoms with Crippen LogP contribution in [0.2, 0.25) is 0 Å². The van der Waals surface area contributed by atoms with E-state index in [-0.39, 0.29) is 6.10 Å². The molecule has 1 unspecified atom stereocenters. The Morgan fingerprint density at radius 1 is 1.00 bits per heavy atom. The van der Waals surface area contributed by atoms with E-state index >= 15 is 0 Å². The van der Waals surface area contributed by atoms with Crippen molar-refractivity contribution >= 4 is 0 Å². The molecule has 3 saturated carbocycles. The molecule has 0 bridgehead atoms. The molecule has 0 aliphatic heterocycles. The van der Waals surface area contributed by atoms with E-state index in [4.69, 9.17) is 0 Å². The first kappa shape index (κ1) is 20.9. The van der Waals surface area contributed by atoms with E-state index in [1.807, 2.05) is 0 Å². The number of aliphatic hydroxyl groups is 1. The maximum absolute atomic E-state index is 10.2. The van der Waals surface area contributed by atoms with Crippen molar-refractivity contribution in [1.82, 2.24) is 9.80 Å². The van der Waals surface area contributed by atoms with Crippen molar-refractivity contribution in [2.75, 3.05) is 34.2 Å². The normalized spacial score (nSPS) is 45.6. The lowest BCUT2D eigenvalue weighted by Crippen LogP contribution is -2.53. The zero-order chi connectivity index (χ0) is 20.1. The van der Waals surface area contributed by atoms with Crippen LogP contribution in [-0.4, -0.2) is 61.3 Å². The van der Waals surface area contributed by atoms with Crippen molar-refractivity contribution in [3.05, 3.63) is 11.6 Å². The fourth-order valence-electron chi connectivity index (χ4n) is 8.13. The van der Waals surface area contributed by atoms with E-state index in [2.05, 4.69) is 50.9 Å². The van der Waals surface area contributed by atoms with Gasteiger partial charge in [0, 0.05) is 6.04 Å². The molecule has 1 N–H and O–H groups in total. The molecule has 3 nitrogen and oxygen atoms in total. The highest BCUT2D eigenvalue weighted by atomic mass is 16.3. The van der Waals surface area contributed by atoms with Crippen molar-refractivity contribution in [3.8, 4) is 0 Å². The summed E-state index contributed by atoms with van der Waals surface area (Å²) in [5.74, 6) is 2.63. The van der Waals surface area contributed by atoms with Gasteiger partial charge in [0.1, 0.15) is 0 Å². The van der Waals surface area contributed by atoms with Crippen LogP contribution in [0.5, 0.6) is 0 Å². The molecular weight excluding hydrogens is 344 g/mol. The van der Waals surface area contributed by atoms with E-state index in [1.54, 1.807) is 5.57 Å². The van der Waals surface area contributed by atoms with Gasteiger partial charge in [0.25, 0.3) is 0 Å². The molecular formula is C25H44N2O. The molecule has 3 heteroatoms. The highest BCUT2D eigenvalue weighted by Crippen LogP contribution is 2.65. The molecule has 4 aliphatic carbocycles. The monoisotopic (exact) mass is 388 g/mol. The van der Waals surface area contributed by atoms with Crippen LogP contribution in [0.15, 0.2) is 11.6 Å². The summed E-state index contributed by atoms with van der Waals surface area (Å²) in [6, 6.07) is 0.770. The maximum atomic E-state index is 10.2. The summed E-state index contributed by atoms with van der Waals surface area (Å²) in [4.78, 5) is 5.03. The van der Waals surface area contributed by atoms with Crippen molar-refractivity contribution in [3.63, 3.8) is 0 Å². The minimum atomic E-state index is -0.0867. The highest BCUT2D eigenvalue weighted by molar-refractivity contribution is 5.25. The van der Waals surface area contributed by atoms with E-state index in [9.17, 15) is 5.11 Å². The quantitative estimate of drug-likeness (QED) is 0.699. The van der Waals surface area contributed by atoms with Gasteiger partial charge in [0.2, 0.25) is 0 Å². The molecule has 0 amide bonds. The molecule has 7 atom stereocenters. The molecule has 0 aromatic carbocycles. The van der Waals surface area contributed by atoms with Crippen LogP contribution < -0.4 is 0 Å². The predicted molar refractivity (Wildman–Crippen MR) is 117 cm³/mol. The van der Waals surface area contributed by atoms with Gasteiger partial charge >= 0.3 is 0 Å². The minimum Gasteiger partial charge on any atom is -0.393 e. The second-order valence-corrected chi connectivity index (χ2v) is 11.4. The van der Waals surface area contributed by atoms with Gasteiger partial charge in [-0.05, 0) is 121 Å². The Hall–Kier alpha value is -0.380. The van der Waals surface area contributed by atoms with Gasteiger partial charge < -0.3 is 14.9 Å². The molecule has 4 aliphatic rings. The molecule has 0 spiro atoms. The number of hydrogen-bond acceptors (Lipinski definition) is 3. The van der Waals surface area contributed by atoms with E-state index in [1.165, 1.54) is 58.0 Å². The van der Waals surface area contributed by atoms with Crippen molar-refractivity contribution in [1.29, 1.82) is 0 Å². The zero-order valence-electron chi connectivity index (χ0n) is 19.1. The van der Waals surface area contributed by atoms with Crippen molar-refractivity contribution in [2.45, 2.75) is 83.8 Å². The molecule has 160 valence electrons. The summed E-state index contributed by atoms with van der Waals surface area (Å²) < 4.78 is 0. The van der Waals surface area contributed by atoms with Gasteiger partial charge in [-0.1, -0.05) is 25.5 Å². The van der Waals surface area contributed by atoms with Gasteiger partial charge in [-0.3, -0.25) is 0 Å².